The molecule has 0 aliphatic heterocycles. The van der Waals surface area contributed by atoms with Gasteiger partial charge in [-0.3, -0.25) is 0 Å². The summed E-state index contributed by atoms with van der Waals surface area (Å²) in [6.07, 6.45) is 2.20. The van der Waals surface area contributed by atoms with Gasteiger partial charge in [0.2, 0.25) is 0 Å². The highest BCUT2D eigenvalue weighted by atomic mass is 79.9. The van der Waals surface area contributed by atoms with Crippen LogP contribution >= 0.6 is 15.9 Å². The Balaban J connectivity index is 1.87. The van der Waals surface area contributed by atoms with Crippen LogP contribution in [0.3, 0.4) is 0 Å². The van der Waals surface area contributed by atoms with Crippen molar-refractivity contribution in [3.8, 4) is 0 Å². The van der Waals surface area contributed by atoms with Crippen molar-refractivity contribution in [2.45, 2.75) is 45.8 Å². The summed E-state index contributed by atoms with van der Waals surface area (Å²) < 4.78 is 6.69. The van der Waals surface area contributed by atoms with Gasteiger partial charge < -0.3 is 9.64 Å². The van der Waals surface area contributed by atoms with Crippen molar-refractivity contribution in [3.63, 3.8) is 0 Å². The second-order valence-electron chi connectivity index (χ2n) is 7.56. The molecule has 1 saturated carbocycles. The summed E-state index contributed by atoms with van der Waals surface area (Å²) in [5.41, 5.74) is 0.682. The van der Waals surface area contributed by atoms with Crippen LogP contribution in [0.5, 0.6) is 0 Å². The third kappa shape index (κ3) is 4.29. The molecule has 1 aliphatic rings. The fraction of sp³-hybridized carbons (Fsp3) is 0.450. The number of carbonyl (C=O) groups excluding carboxylic acids is 1. The minimum Gasteiger partial charge on any atom is -0.444 e. The van der Waals surface area contributed by atoms with E-state index in [4.69, 9.17) is 4.74 Å². The summed E-state index contributed by atoms with van der Waals surface area (Å²) in [7, 11) is 0. The lowest BCUT2D eigenvalue weighted by Gasteiger charge is -2.28. The van der Waals surface area contributed by atoms with E-state index in [9.17, 15) is 4.79 Å². The van der Waals surface area contributed by atoms with Crippen molar-refractivity contribution >= 4 is 32.8 Å². The van der Waals surface area contributed by atoms with Crippen LogP contribution in [-0.2, 0) is 11.3 Å². The number of amides is 1. The van der Waals surface area contributed by atoms with E-state index >= 15 is 0 Å². The number of nitrogens with zero attached hydrogens (tertiary/aromatic N) is 1. The predicted octanol–water partition coefficient (Wildman–Crippen LogP) is 5.75. The first kappa shape index (κ1) is 17.3. The Morgan fingerprint density at radius 2 is 1.83 bits per heavy atom. The molecule has 0 heterocycles. The van der Waals surface area contributed by atoms with Crippen LogP contribution < -0.4 is 0 Å². The molecule has 1 amide bonds. The Hall–Kier alpha value is -1.55. The number of benzene rings is 2. The summed E-state index contributed by atoms with van der Waals surface area (Å²) >= 11 is 3.61. The fourth-order valence-corrected chi connectivity index (χ4v) is 3.29. The zero-order chi connectivity index (χ0) is 17.3. The first-order chi connectivity index (χ1) is 11.3. The largest absolute Gasteiger partial charge is 0.444 e. The second-order valence-corrected chi connectivity index (χ2v) is 8.41. The van der Waals surface area contributed by atoms with Crippen molar-refractivity contribution < 1.29 is 9.53 Å². The van der Waals surface area contributed by atoms with Gasteiger partial charge in [-0.05, 0) is 61.9 Å². The summed E-state index contributed by atoms with van der Waals surface area (Å²) in [6.45, 7) is 7.10. The van der Waals surface area contributed by atoms with Crippen LogP contribution in [0.4, 0.5) is 4.79 Å². The molecule has 1 fully saturated rings. The lowest BCUT2D eigenvalue weighted by atomic mass is 10.0. The van der Waals surface area contributed by atoms with Gasteiger partial charge in [0, 0.05) is 17.6 Å². The van der Waals surface area contributed by atoms with Gasteiger partial charge in [0.25, 0.3) is 0 Å². The van der Waals surface area contributed by atoms with Gasteiger partial charge in [0.05, 0.1) is 0 Å². The molecule has 2 aromatic rings. The van der Waals surface area contributed by atoms with E-state index in [2.05, 4.69) is 40.2 Å². The Kier molecular flexibility index (Phi) is 4.86. The van der Waals surface area contributed by atoms with E-state index in [1.165, 1.54) is 23.6 Å². The Labute approximate surface area is 152 Å². The van der Waals surface area contributed by atoms with Crippen LogP contribution in [0, 0.1) is 5.92 Å². The van der Waals surface area contributed by atoms with E-state index in [1.807, 2.05) is 37.8 Å². The highest BCUT2D eigenvalue weighted by Gasteiger charge is 2.29. The normalized spacial score (nSPS) is 14.7. The van der Waals surface area contributed by atoms with Gasteiger partial charge in [-0.15, -0.1) is 0 Å². The number of hydrogen-bond acceptors (Lipinski definition) is 2. The summed E-state index contributed by atoms with van der Waals surface area (Å²) in [4.78, 5) is 14.5. The molecule has 0 spiro atoms. The van der Waals surface area contributed by atoms with Gasteiger partial charge >= 0.3 is 6.09 Å². The van der Waals surface area contributed by atoms with E-state index < -0.39 is 5.60 Å². The summed E-state index contributed by atoms with van der Waals surface area (Å²) in [6, 6.07) is 12.4. The molecule has 0 atom stereocenters. The molecule has 0 bridgehead atoms. The van der Waals surface area contributed by atoms with Crippen molar-refractivity contribution in [1.29, 1.82) is 0 Å². The zero-order valence-electron chi connectivity index (χ0n) is 14.5. The molecule has 1 aliphatic carbocycles. The topological polar surface area (TPSA) is 29.5 Å². The Morgan fingerprint density at radius 1 is 1.17 bits per heavy atom. The van der Waals surface area contributed by atoms with Crippen molar-refractivity contribution in [3.05, 3.63) is 46.4 Å². The Bertz CT molecular complexity index is 747. The van der Waals surface area contributed by atoms with Gasteiger partial charge in [0.1, 0.15) is 5.60 Å². The van der Waals surface area contributed by atoms with Crippen LogP contribution in [0.25, 0.3) is 10.8 Å². The quantitative estimate of drug-likeness (QED) is 0.665. The standard InChI is InChI=1S/C20H24BrNO2/c1-20(2,3)24-19(23)22(12-14-8-9-14)13-15-10-11-18(21)17-7-5-4-6-16(15)17/h4-7,10-11,14H,8-9,12-13H2,1-3H3. The molecule has 0 N–H and O–H groups in total. The second kappa shape index (κ2) is 6.75. The van der Waals surface area contributed by atoms with Gasteiger partial charge in [0.15, 0.2) is 0 Å². The molecule has 0 aromatic heterocycles. The third-order valence-corrected chi connectivity index (χ3v) is 4.84. The third-order valence-electron chi connectivity index (χ3n) is 4.15. The van der Waals surface area contributed by atoms with Crippen LogP contribution in [0.2, 0.25) is 0 Å². The predicted molar refractivity (Wildman–Crippen MR) is 101 cm³/mol. The van der Waals surface area contributed by atoms with Crippen LogP contribution in [0.15, 0.2) is 40.9 Å². The lowest BCUT2D eigenvalue weighted by molar-refractivity contribution is 0.0225. The maximum absolute atomic E-state index is 12.6. The van der Waals surface area contributed by atoms with Crippen molar-refractivity contribution in [1.82, 2.24) is 4.90 Å². The lowest BCUT2D eigenvalue weighted by Crippen LogP contribution is -2.37. The highest BCUT2D eigenvalue weighted by molar-refractivity contribution is 9.10. The molecular formula is C20H24BrNO2. The highest BCUT2D eigenvalue weighted by Crippen LogP contribution is 2.32. The van der Waals surface area contributed by atoms with Gasteiger partial charge in [-0.25, -0.2) is 4.79 Å². The van der Waals surface area contributed by atoms with Crippen LogP contribution in [-0.4, -0.2) is 23.1 Å². The van der Waals surface area contributed by atoms with E-state index in [-0.39, 0.29) is 6.09 Å². The summed E-state index contributed by atoms with van der Waals surface area (Å²) in [5, 5.41) is 2.35. The average molecular weight is 390 g/mol. The number of rotatable bonds is 4. The molecule has 0 saturated heterocycles. The molecule has 0 unspecified atom stereocenters. The van der Waals surface area contributed by atoms with E-state index in [0.29, 0.717) is 12.5 Å². The number of hydrogen-bond donors (Lipinski definition) is 0. The number of fused-ring (bicyclic) bond motifs is 1. The number of ether oxygens (including phenoxy) is 1. The Morgan fingerprint density at radius 3 is 2.46 bits per heavy atom. The van der Waals surface area contributed by atoms with Crippen LogP contribution in [0.1, 0.15) is 39.2 Å². The first-order valence-electron chi connectivity index (χ1n) is 8.47. The molecule has 3 rings (SSSR count). The molecule has 128 valence electrons. The SMILES string of the molecule is CC(C)(C)OC(=O)N(Cc1ccc(Br)c2ccccc12)CC1CC1. The monoisotopic (exact) mass is 389 g/mol. The van der Waals surface area contributed by atoms with Gasteiger partial charge in [-0.2, -0.15) is 0 Å². The average Bonchev–Trinajstić information content (AvgIpc) is 3.32. The fourth-order valence-electron chi connectivity index (χ4n) is 2.81. The van der Waals surface area contributed by atoms with Gasteiger partial charge in [-0.1, -0.05) is 46.3 Å². The number of carbonyl (C=O) groups is 1. The molecular weight excluding hydrogens is 366 g/mol. The smallest absolute Gasteiger partial charge is 0.410 e. The molecule has 2 aromatic carbocycles. The minimum absolute atomic E-state index is 0.221. The molecule has 4 heteroatoms. The molecule has 3 nitrogen and oxygen atoms in total. The molecule has 0 radical (unpaired) electrons. The summed E-state index contributed by atoms with van der Waals surface area (Å²) in [5.74, 6) is 0.624. The first-order valence-corrected chi connectivity index (χ1v) is 9.27. The van der Waals surface area contributed by atoms with Crippen molar-refractivity contribution in [2.24, 2.45) is 5.92 Å². The number of halogens is 1. The maximum Gasteiger partial charge on any atom is 0.410 e. The molecule has 24 heavy (non-hydrogen) atoms. The minimum atomic E-state index is -0.472. The van der Waals surface area contributed by atoms with Crippen molar-refractivity contribution in [2.75, 3.05) is 6.54 Å². The van der Waals surface area contributed by atoms with E-state index in [1.54, 1.807) is 0 Å². The van der Waals surface area contributed by atoms with E-state index in [0.717, 1.165) is 16.6 Å². The zero-order valence-corrected chi connectivity index (χ0v) is 16.1. The maximum atomic E-state index is 12.6.